The van der Waals surface area contributed by atoms with Crippen LogP contribution in [0, 0.1) is 10.1 Å². The first-order valence-electron chi connectivity index (χ1n) is 4.89. The van der Waals surface area contributed by atoms with E-state index in [1.807, 2.05) is 0 Å². The van der Waals surface area contributed by atoms with Gasteiger partial charge in [-0.25, -0.2) is 8.42 Å². The van der Waals surface area contributed by atoms with Gasteiger partial charge >= 0.3 is 5.97 Å². The molecule has 1 atom stereocenters. The van der Waals surface area contributed by atoms with Gasteiger partial charge in [0.25, 0.3) is 5.69 Å². The molecule has 0 spiro atoms. The third kappa shape index (κ3) is 3.47. The van der Waals surface area contributed by atoms with Crippen molar-refractivity contribution >= 4 is 21.7 Å². The van der Waals surface area contributed by atoms with E-state index in [0.717, 1.165) is 12.1 Å². The fraction of sp³-hybridized carbons (Fsp3) is 0.222. The largest absolute Gasteiger partial charge is 0.480 e. The van der Waals surface area contributed by atoms with Crippen LogP contribution in [0.1, 0.15) is 0 Å². The second-order valence-electron chi connectivity index (χ2n) is 3.42. The second kappa shape index (κ2) is 5.73. The summed E-state index contributed by atoms with van der Waals surface area (Å²) in [6, 6.07) is 2.71. The molecular weight excluding hydrogens is 280 g/mol. The quantitative estimate of drug-likeness (QED) is 0.464. The summed E-state index contributed by atoms with van der Waals surface area (Å²) in [7, 11) is -4.42. The summed E-state index contributed by atoms with van der Waals surface area (Å²) < 4.78 is 25.4. The van der Waals surface area contributed by atoms with Gasteiger partial charge in [-0.3, -0.25) is 14.9 Å². The molecule has 1 aromatic rings. The lowest BCUT2D eigenvalue weighted by Gasteiger charge is -2.12. The number of hydrogen-bond donors (Lipinski definition) is 3. The maximum absolute atomic E-state index is 11.8. The van der Waals surface area contributed by atoms with Crippen LogP contribution in [0.3, 0.4) is 0 Å². The van der Waals surface area contributed by atoms with Gasteiger partial charge in [-0.05, 0) is 6.07 Å². The molecule has 0 aliphatic rings. The standard InChI is InChI=1S/C9H10N2O7S/c12-5-6(9(13)14)10-19(17,18)8-4-2-1-3-7(8)11(15)16/h1-4,6,10,12H,5H2,(H,13,14)/t6-/m0/s1. The van der Waals surface area contributed by atoms with Crippen LogP contribution in [-0.2, 0) is 14.8 Å². The minimum absolute atomic E-state index is 0.667. The highest BCUT2D eigenvalue weighted by Gasteiger charge is 2.29. The van der Waals surface area contributed by atoms with Crippen LogP contribution in [0.15, 0.2) is 29.2 Å². The van der Waals surface area contributed by atoms with Crippen molar-refractivity contribution in [2.75, 3.05) is 6.61 Å². The third-order valence-electron chi connectivity index (χ3n) is 2.13. The molecule has 19 heavy (non-hydrogen) atoms. The molecule has 0 saturated heterocycles. The fourth-order valence-corrected chi connectivity index (χ4v) is 2.60. The lowest BCUT2D eigenvalue weighted by atomic mass is 10.3. The molecule has 9 nitrogen and oxygen atoms in total. The normalized spacial score (nSPS) is 12.9. The van der Waals surface area contributed by atoms with Gasteiger partial charge in [0.05, 0.1) is 11.5 Å². The molecule has 0 bridgehead atoms. The number of carbonyl (C=O) groups is 1. The Hall–Kier alpha value is -2.04. The predicted octanol–water partition coefficient (Wildman–Crippen LogP) is -0.681. The summed E-state index contributed by atoms with van der Waals surface area (Å²) in [5, 5.41) is 28.1. The van der Waals surface area contributed by atoms with Crippen molar-refractivity contribution in [3.63, 3.8) is 0 Å². The van der Waals surface area contributed by atoms with Gasteiger partial charge in [-0.1, -0.05) is 12.1 Å². The average molecular weight is 290 g/mol. The van der Waals surface area contributed by atoms with Crippen LogP contribution >= 0.6 is 0 Å². The molecule has 0 fully saturated rings. The zero-order chi connectivity index (χ0) is 14.6. The predicted molar refractivity (Wildman–Crippen MR) is 61.9 cm³/mol. The minimum atomic E-state index is -4.42. The number of rotatable bonds is 6. The number of aliphatic carboxylic acids is 1. The molecule has 3 N–H and O–H groups in total. The monoisotopic (exact) mass is 290 g/mol. The van der Waals surface area contributed by atoms with E-state index >= 15 is 0 Å². The summed E-state index contributed by atoms with van der Waals surface area (Å²) in [5.74, 6) is -1.59. The Labute approximate surface area is 107 Å². The lowest BCUT2D eigenvalue weighted by Crippen LogP contribution is -2.43. The van der Waals surface area contributed by atoms with Crippen LogP contribution in [0.25, 0.3) is 0 Å². The van der Waals surface area contributed by atoms with E-state index in [1.54, 1.807) is 4.72 Å². The van der Waals surface area contributed by atoms with Crippen molar-refractivity contribution in [2.24, 2.45) is 0 Å². The molecule has 104 valence electrons. The van der Waals surface area contributed by atoms with E-state index in [-0.39, 0.29) is 0 Å². The third-order valence-corrected chi connectivity index (χ3v) is 3.65. The first-order chi connectivity index (χ1) is 8.79. The number of sulfonamides is 1. The lowest BCUT2D eigenvalue weighted by molar-refractivity contribution is -0.387. The molecule has 0 aromatic heterocycles. The molecule has 0 amide bonds. The van der Waals surface area contributed by atoms with Gasteiger partial charge in [0.15, 0.2) is 4.90 Å². The number of nitro benzene ring substituents is 1. The number of nitrogens with zero attached hydrogens (tertiary/aromatic N) is 1. The first kappa shape index (κ1) is 15.0. The van der Waals surface area contributed by atoms with Crippen LogP contribution < -0.4 is 4.72 Å². The van der Waals surface area contributed by atoms with E-state index < -0.39 is 44.1 Å². The molecule has 0 aliphatic heterocycles. The number of para-hydroxylation sites is 1. The minimum Gasteiger partial charge on any atom is -0.480 e. The summed E-state index contributed by atoms with van der Waals surface area (Å²) in [5.41, 5.74) is -0.683. The van der Waals surface area contributed by atoms with E-state index in [9.17, 15) is 23.3 Å². The van der Waals surface area contributed by atoms with E-state index in [0.29, 0.717) is 0 Å². The smallest absolute Gasteiger partial charge is 0.324 e. The summed E-state index contributed by atoms with van der Waals surface area (Å²) in [4.78, 5) is 19.8. The summed E-state index contributed by atoms with van der Waals surface area (Å²) in [6.07, 6.45) is 0. The van der Waals surface area contributed by atoms with Gasteiger partial charge in [-0.15, -0.1) is 0 Å². The SMILES string of the molecule is O=C(O)[C@H](CO)NS(=O)(=O)c1ccccc1[N+](=O)[O-]. The highest BCUT2D eigenvalue weighted by atomic mass is 32.2. The summed E-state index contributed by atoms with van der Waals surface area (Å²) >= 11 is 0. The molecule has 1 rings (SSSR count). The van der Waals surface area contributed by atoms with Crippen molar-refractivity contribution < 1.29 is 28.3 Å². The van der Waals surface area contributed by atoms with Gasteiger partial charge in [0.2, 0.25) is 10.0 Å². The summed E-state index contributed by atoms with van der Waals surface area (Å²) in [6.45, 7) is -0.977. The van der Waals surface area contributed by atoms with E-state index in [2.05, 4.69) is 0 Å². The molecule has 1 aromatic carbocycles. The van der Waals surface area contributed by atoms with Crippen molar-refractivity contribution in [2.45, 2.75) is 10.9 Å². The number of nitro groups is 1. The maximum Gasteiger partial charge on any atom is 0.324 e. The number of aliphatic hydroxyl groups is 1. The van der Waals surface area contributed by atoms with Crippen molar-refractivity contribution in [3.05, 3.63) is 34.4 Å². The molecule has 0 aliphatic carbocycles. The first-order valence-corrected chi connectivity index (χ1v) is 6.37. The Morgan fingerprint density at radius 3 is 2.47 bits per heavy atom. The van der Waals surface area contributed by atoms with Gasteiger partial charge in [0.1, 0.15) is 6.04 Å². The van der Waals surface area contributed by atoms with Crippen LogP contribution in [0.5, 0.6) is 0 Å². The Morgan fingerprint density at radius 2 is 2.00 bits per heavy atom. The number of hydrogen-bond acceptors (Lipinski definition) is 6. The fourth-order valence-electron chi connectivity index (χ4n) is 1.25. The Kier molecular flexibility index (Phi) is 4.53. The number of benzene rings is 1. The second-order valence-corrected chi connectivity index (χ2v) is 5.10. The molecule has 0 radical (unpaired) electrons. The van der Waals surface area contributed by atoms with Crippen LogP contribution in [0.4, 0.5) is 5.69 Å². The zero-order valence-electron chi connectivity index (χ0n) is 9.38. The molecule has 0 heterocycles. The molecular formula is C9H10N2O7S. The maximum atomic E-state index is 11.8. The zero-order valence-corrected chi connectivity index (χ0v) is 10.2. The number of nitrogens with one attached hydrogen (secondary N) is 1. The average Bonchev–Trinajstić information content (AvgIpc) is 2.35. The van der Waals surface area contributed by atoms with Crippen LogP contribution in [-0.4, -0.2) is 42.2 Å². The number of carboxylic acid groups (broad SMARTS) is 1. The van der Waals surface area contributed by atoms with Crippen molar-refractivity contribution in [3.8, 4) is 0 Å². The van der Waals surface area contributed by atoms with Gasteiger partial charge < -0.3 is 10.2 Å². The van der Waals surface area contributed by atoms with Gasteiger partial charge in [-0.2, -0.15) is 4.72 Å². The topological polar surface area (TPSA) is 147 Å². The number of carboxylic acids is 1. The highest BCUT2D eigenvalue weighted by Crippen LogP contribution is 2.22. The van der Waals surface area contributed by atoms with Crippen molar-refractivity contribution in [1.82, 2.24) is 4.72 Å². The Balaban J connectivity index is 3.21. The molecule has 0 saturated carbocycles. The van der Waals surface area contributed by atoms with E-state index in [4.69, 9.17) is 10.2 Å². The van der Waals surface area contributed by atoms with Gasteiger partial charge in [0, 0.05) is 6.07 Å². The van der Waals surface area contributed by atoms with Crippen molar-refractivity contribution in [1.29, 1.82) is 0 Å². The molecule has 0 unspecified atom stereocenters. The highest BCUT2D eigenvalue weighted by molar-refractivity contribution is 7.89. The Bertz CT molecular complexity index is 598. The molecule has 10 heteroatoms. The number of aliphatic hydroxyl groups excluding tert-OH is 1. The van der Waals surface area contributed by atoms with E-state index in [1.165, 1.54) is 12.1 Å². The van der Waals surface area contributed by atoms with Crippen LogP contribution in [0.2, 0.25) is 0 Å². The Morgan fingerprint density at radius 1 is 1.42 bits per heavy atom.